The summed E-state index contributed by atoms with van der Waals surface area (Å²) in [6.07, 6.45) is 0. The second-order valence-corrected chi connectivity index (χ2v) is 8.01. The SMILES string of the molecule is CCn1nc(C)c(C(C)NS(=O)(=O)c2cc(C)c(OC)cc2C)c1C. The van der Waals surface area contributed by atoms with Crippen molar-refractivity contribution in [3.63, 3.8) is 0 Å². The van der Waals surface area contributed by atoms with Gasteiger partial charge >= 0.3 is 0 Å². The lowest BCUT2D eigenvalue weighted by molar-refractivity contribution is 0.411. The number of benzene rings is 1. The Hall–Kier alpha value is -1.86. The molecule has 6 nitrogen and oxygen atoms in total. The number of hydrogen-bond acceptors (Lipinski definition) is 4. The third-order valence-corrected chi connectivity index (χ3v) is 6.17. The first-order valence-corrected chi connectivity index (χ1v) is 9.82. The van der Waals surface area contributed by atoms with E-state index >= 15 is 0 Å². The Labute approximate surface area is 150 Å². The average Bonchev–Trinajstić information content (AvgIpc) is 2.82. The van der Waals surface area contributed by atoms with Gasteiger partial charge in [-0.25, -0.2) is 13.1 Å². The quantitative estimate of drug-likeness (QED) is 0.853. The van der Waals surface area contributed by atoms with Crippen LogP contribution in [0.1, 0.15) is 48.0 Å². The molecule has 0 amide bonds. The maximum Gasteiger partial charge on any atom is 0.241 e. The highest BCUT2D eigenvalue weighted by Gasteiger charge is 2.25. The van der Waals surface area contributed by atoms with Crippen molar-refractivity contribution in [1.82, 2.24) is 14.5 Å². The second-order valence-electron chi connectivity index (χ2n) is 6.33. The molecule has 2 aromatic rings. The number of methoxy groups -OCH3 is 1. The monoisotopic (exact) mass is 365 g/mol. The first-order valence-electron chi connectivity index (χ1n) is 8.33. The Kier molecular flexibility index (Phi) is 5.58. The molecule has 0 bridgehead atoms. The summed E-state index contributed by atoms with van der Waals surface area (Å²) < 4.78 is 35.8. The van der Waals surface area contributed by atoms with Crippen LogP contribution in [0.25, 0.3) is 0 Å². The summed E-state index contributed by atoms with van der Waals surface area (Å²) in [5.74, 6) is 0.681. The van der Waals surface area contributed by atoms with Crippen LogP contribution in [0.15, 0.2) is 17.0 Å². The number of sulfonamides is 1. The summed E-state index contributed by atoms with van der Waals surface area (Å²) in [5, 5.41) is 4.47. The number of hydrogen-bond donors (Lipinski definition) is 1. The van der Waals surface area contributed by atoms with Crippen molar-refractivity contribution in [3.8, 4) is 5.75 Å². The molecule has 0 fully saturated rings. The molecule has 0 aliphatic rings. The van der Waals surface area contributed by atoms with E-state index in [1.165, 1.54) is 0 Å². The maximum absolute atomic E-state index is 12.9. The van der Waals surface area contributed by atoms with Crippen LogP contribution >= 0.6 is 0 Å². The van der Waals surface area contributed by atoms with Crippen LogP contribution in [-0.4, -0.2) is 25.3 Å². The topological polar surface area (TPSA) is 73.2 Å². The fourth-order valence-corrected chi connectivity index (χ4v) is 4.80. The van der Waals surface area contributed by atoms with Gasteiger partial charge in [-0.2, -0.15) is 5.10 Å². The Morgan fingerprint density at radius 1 is 1.20 bits per heavy atom. The number of nitrogens with zero attached hydrogens (tertiary/aromatic N) is 2. The molecule has 138 valence electrons. The molecule has 1 unspecified atom stereocenters. The van der Waals surface area contributed by atoms with Crippen LogP contribution in [0, 0.1) is 27.7 Å². The predicted molar refractivity (Wildman–Crippen MR) is 98.6 cm³/mol. The lowest BCUT2D eigenvalue weighted by Crippen LogP contribution is -2.28. The Morgan fingerprint density at radius 2 is 1.84 bits per heavy atom. The van der Waals surface area contributed by atoms with E-state index in [-0.39, 0.29) is 10.9 Å². The molecule has 0 aliphatic heterocycles. The van der Waals surface area contributed by atoms with Crippen LogP contribution in [-0.2, 0) is 16.6 Å². The third-order valence-electron chi connectivity index (χ3n) is 4.48. The van der Waals surface area contributed by atoms with Crippen molar-refractivity contribution < 1.29 is 13.2 Å². The van der Waals surface area contributed by atoms with Crippen LogP contribution in [0.5, 0.6) is 5.75 Å². The molecule has 1 N–H and O–H groups in total. The van der Waals surface area contributed by atoms with E-state index in [1.54, 1.807) is 26.2 Å². The number of aromatic nitrogens is 2. The van der Waals surface area contributed by atoms with Crippen molar-refractivity contribution in [1.29, 1.82) is 0 Å². The number of ether oxygens (including phenoxy) is 1. The van der Waals surface area contributed by atoms with Crippen molar-refractivity contribution in [3.05, 3.63) is 40.2 Å². The number of rotatable bonds is 6. The Bertz CT molecular complexity index is 885. The fraction of sp³-hybridized carbons (Fsp3) is 0.500. The van der Waals surface area contributed by atoms with E-state index < -0.39 is 10.0 Å². The lowest BCUT2D eigenvalue weighted by Gasteiger charge is -2.17. The molecule has 0 saturated heterocycles. The van der Waals surface area contributed by atoms with Crippen LogP contribution in [0.3, 0.4) is 0 Å². The van der Waals surface area contributed by atoms with Gasteiger partial charge in [0.2, 0.25) is 10.0 Å². The molecule has 1 heterocycles. The first kappa shape index (κ1) is 19.5. The lowest BCUT2D eigenvalue weighted by atomic mass is 10.1. The zero-order valence-corrected chi connectivity index (χ0v) is 16.8. The Balaban J connectivity index is 2.39. The molecule has 0 radical (unpaired) electrons. The van der Waals surface area contributed by atoms with Gasteiger partial charge in [-0.05, 0) is 64.8 Å². The predicted octanol–water partition coefficient (Wildman–Crippen LogP) is 3.18. The Morgan fingerprint density at radius 3 is 2.36 bits per heavy atom. The van der Waals surface area contributed by atoms with E-state index in [0.29, 0.717) is 11.3 Å². The van der Waals surface area contributed by atoms with Gasteiger partial charge in [0.1, 0.15) is 5.75 Å². The van der Waals surface area contributed by atoms with Gasteiger partial charge in [0.05, 0.1) is 17.7 Å². The summed E-state index contributed by atoms with van der Waals surface area (Å²) in [6, 6.07) is 3.03. The molecular formula is C18H27N3O3S. The standard InChI is InChI=1S/C18H27N3O3S/c1-8-21-15(6)18(13(4)19-21)14(5)20-25(22,23)17-10-11(2)16(24-7)9-12(17)3/h9-10,14,20H,8H2,1-7H3. The molecule has 25 heavy (non-hydrogen) atoms. The highest BCUT2D eigenvalue weighted by molar-refractivity contribution is 7.89. The largest absolute Gasteiger partial charge is 0.496 e. The van der Waals surface area contributed by atoms with Gasteiger partial charge in [0.25, 0.3) is 0 Å². The van der Waals surface area contributed by atoms with Crippen LogP contribution in [0.4, 0.5) is 0 Å². The van der Waals surface area contributed by atoms with Gasteiger partial charge in [0, 0.05) is 23.8 Å². The molecule has 2 rings (SSSR count). The molecule has 1 aromatic heterocycles. The highest BCUT2D eigenvalue weighted by Crippen LogP contribution is 2.28. The molecule has 1 atom stereocenters. The molecule has 1 aromatic carbocycles. The highest BCUT2D eigenvalue weighted by atomic mass is 32.2. The van der Waals surface area contributed by atoms with E-state index in [1.807, 2.05) is 39.3 Å². The second kappa shape index (κ2) is 7.17. The smallest absolute Gasteiger partial charge is 0.241 e. The summed E-state index contributed by atoms with van der Waals surface area (Å²) in [7, 11) is -2.08. The maximum atomic E-state index is 12.9. The summed E-state index contributed by atoms with van der Waals surface area (Å²) in [6.45, 7) is 12.1. The number of aryl methyl sites for hydroxylation is 4. The normalized spacial score (nSPS) is 13.1. The van der Waals surface area contributed by atoms with Crippen LogP contribution in [0.2, 0.25) is 0 Å². The average molecular weight is 365 g/mol. The molecule has 0 aliphatic carbocycles. The van der Waals surface area contributed by atoms with Crippen molar-refractivity contribution >= 4 is 10.0 Å². The molecule has 7 heteroatoms. The minimum Gasteiger partial charge on any atom is -0.496 e. The fourth-order valence-electron chi connectivity index (χ4n) is 3.27. The van der Waals surface area contributed by atoms with E-state index in [0.717, 1.165) is 29.1 Å². The molecule has 0 saturated carbocycles. The zero-order chi connectivity index (χ0) is 18.9. The minimum atomic E-state index is -3.66. The third kappa shape index (κ3) is 3.72. The van der Waals surface area contributed by atoms with Crippen molar-refractivity contribution in [2.45, 2.75) is 59.0 Å². The van der Waals surface area contributed by atoms with Gasteiger partial charge in [-0.15, -0.1) is 0 Å². The van der Waals surface area contributed by atoms with Gasteiger partial charge in [0.15, 0.2) is 0 Å². The van der Waals surface area contributed by atoms with Crippen LogP contribution < -0.4 is 9.46 Å². The summed E-state index contributed by atoms with van der Waals surface area (Å²) >= 11 is 0. The summed E-state index contributed by atoms with van der Waals surface area (Å²) in [4.78, 5) is 0.274. The molecule has 0 spiro atoms. The minimum absolute atomic E-state index is 0.274. The van der Waals surface area contributed by atoms with E-state index in [9.17, 15) is 8.42 Å². The summed E-state index contributed by atoms with van der Waals surface area (Å²) in [5.41, 5.74) is 4.19. The van der Waals surface area contributed by atoms with Crippen molar-refractivity contribution in [2.75, 3.05) is 7.11 Å². The number of nitrogens with one attached hydrogen (secondary N) is 1. The van der Waals surface area contributed by atoms with Crippen molar-refractivity contribution in [2.24, 2.45) is 0 Å². The van der Waals surface area contributed by atoms with E-state index in [4.69, 9.17) is 4.74 Å². The zero-order valence-electron chi connectivity index (χ0n) is 16.0. The molecular weight excluding hydrogens is 338 g/mol. The van der Waals surface area contributed by atoms with Gasteiger partial charge in [-0.1, -0.05) is 0 Å². The van der Waals surface area contributed by atoms with E-state index in [2.05, 4.69) is 9.82 Å². The first-order chi connectivity index (χ1) is 11.6. The van der Waals surface area contributed by atoms with Gasteiger partial charge in [-0.3, -0.25) is 4.68 Å². The van der Waals surface area contributed by atoms with Gasteiger partial charge < -0.3 is 4.74 Å².